The Bertz CT molecular complexity index is 798. The molecule has 4 rings (SSSR count). The van der Waals surface area contributed by atoms with E-state index in [4.69, 9.17) is 14.2 Å². The van der Waals surface area contributed by atoms with Crippen LogP contribution in [0.3, 0.4) is 0 Å². The molecule has 1 saturated heterocycles. The average molecular weight is 354 g/mol. The molecule has 1 atom stereocenters. The Hall–Kier alpha value is -2.37. The lowest BCUT2D eigenvalue weighted by Gasteiger charge is -2.27. The molecule has 0 spiro atoms. The van der Waals surface area contributed by atoms with Crippen LogP contribution >= 0.6 is 0 Å². The van der Waals surface area contributed by atoms with Gasteiger partial charge in [0.25, 0.3) is 0 Å². The van der Waals surface area contributed by atoms with Crippen molar-refractivity contribution in [2.45, 2.75) is 19.1 Å². The molecule has 0 amide bonds. The van der Waals surface area contributed by atoms with Crippen LogP contribution in [0.2, 0.25) is 0 Å². The molecule has 0 aliphatic carbocycles. The molecule has 26 heavy (non-hydrogen) atoms. The maximum atomic E-state index is 12.5. The first-order chi connectivity index (χ1) is 12.7. The first kappa shape index (κ1) is 17.1. The minimum atomic E-state index is -0.248. The molecule has 1 N–H and O–H groups in total. The Morgan fingerprint density at radius 1 is 1.15 bits per heavy atom. The molecule has 2 aliphatic heterocycles. The standard InChI is InChI=1S/C21H23NO4/c1-24-19-7-6-15(12-16(19)14-22-8-10-25-11-9-22)21-13-18(23)17-4-2-3-5-20(17)26-21/h2-7,12,21H,8-11,13-14H2,1H3/p+1/t21-/m0/s1. The Balaban J connectivity index is 1.59. The van der Waals surface area contributed by atoms with Crippen molar-refractivity contribution in [3.05, 3.63) is 59.2 Å². The van der Waals surface area contributed by atoms with E-state index in [0.29, 0.717) is 17.7 Å². The van der Waals surface area contributed by atoms with Crippen LogP contribution in [0.5, 0.6) is 11.5 Å². The van der Waals surface area contributed by atoms with Crippen molar-refractivity contribution >= 4 is 5.78 Å². The summed E-state index contributed by atoms with van der Waals surface area (Å²) in [6.07, 6.45) is 0.120. The van der Waals surface area contributed by atoms with Crippen LogP contribution in [0.25, 0.3) is 0 Å². The van der Waals surface area contributed by atoms with E-state index in [9.17, 15) is 4.79 Å². The summed E-state index contributed by atoms with van der Waals surface area (Å²) < 4.78 is 17.1. The van der Waals surface area contributed by atoms with E-state index in [0.717, 1.165) is 49.7 Å². The number of fused-ring (bicyclic) bond motifs is 1. The van der Waals surface area contributed by atoms with Crippen molar-refractivity contribution in [3.8, 4) is 11.5 Å². The molecule has 2 aromatic carbocycles. The lowest BCUT2D eigenvalue weighted by atomic mass is 9.95. The number of hydrogen-bond acceptors (Lipinski definition) is 4. The summed E-state index contributed by atoms with van der Waals surface area (Å²) in [6.45, 7) is 4.48. The Labute approximate surface area is 153 Å². The number of morpholine rings is 1. The van der Waals surface area contributed by atoms with Crippen molar-refractivity contribution < 1.29 is 23.9 Å². The van der Waals surface area contributed by atoms with E-state index < -0.39 is 0 Å². The second-order valence-corrected chi connectivity index (χ2v) is 6.84. The molecule has 1 fully saturated rings. The second-order valence-electron chi connectivity index (χ2n) is 6.84. The van der Waals surface area contributed by atoms with E-state index in [1.807, 2.05) is 36.4 Å². The summed E-state index contributed by atoms with van der Waals surface area (Å²) in [7, 11) is 1.70. The van der Waals surface area contributed by atoms with Crippen LogP contribution in [-0.2, 0) is 11.3 Å². The van der Waals surface area contributed by atoms with Crippen LogP contribution in [0.4, 0.5) is 0 Å². The number of ketones is 1. The van der Waals surface area contributed by atoms with Crippen LogP contribution in [0, 0.1) is 0 Å². The van der Waals surface area contributed by atoms with Gasteiger partial charge in [0, 0.05) is 5.56 Å². The van der Waals surface area contributed by atoms with E-state index >= 15 is 0 Å². The van der Waals surface area contributed by atoms with Crippen molar-refractivity contribution in [2.24, 2.45) is 0 Å². The van der Waals surface area contributed by atoms with Crippen molar-refractivity contribution in [1.29, 1.82) is 0 Å². The van der Waals surface area contributed by atoms with Gasteiger partial charge in [-0.1, -0.05) is 18.2 Å². The van der Waals surface area contributed by atoms with E-state index in [1.165, 1.54) is 4.90 Å². The molecule has 0 radical (unpaired) electrons. The first-order valence-electron chi connectivity index (χ1n) is 9.11. The van der Waals surface area contributed by atoms with Gasteiger partial charge in [-0.25, -0.2) is 0 Å². The lowest BCUT2D eigenvalue weighted by molar-refractivity contribution is -0.921. The zero-order valence-electron chi connectivity index (χ0n) is 15.0. The van der Waals surface area contributed by atoms with Gasteiger partial charge in [-0.2, -0.15) is 0 Å². The van der Waals surface area contributed by atoms with Crippen molar-refractivity contribution in [2.75, 3.05) is 33.4 Å². The van der Waals surface area contributed by atoms with Gasteiger partial charge < -0.3 is 19.1 Å². The topological polar surface area (TPSA) is 49.2 Å². The third kappa shape index (κ3) is 3.45. The third-order valence-electron chi connectivity index (χ3n) is 5.14. The molecule has 0 aromatic heterocycles. The number of rotatable bonds is 4. The monoisotopic (exact) mass is 354 g/mol. The van der Waals surface area contributed by atoms with Gasteiger partial charge >= 0.3 is 0 Å². The number of benzene rings is 2. The molecule has 0 bridgehead atoms. The van der Waals surface area contributed by atoms with E-state index in [2.05, 4.69) is 6.07 Å². The number of nitrogens with one attached hydrogen (secondary N) is 1. The summed E-state index contributed by atoms with van der Waals surface area (Å²) in [6, 6.07) is 13.6. The maximum Gasteiger partial charge on any atom is 0.170 e. The Kier molecular flexibility index (Phi) is 4.91. The van der Waals surface area contributed by atoms with E-state index in [1.54, 1.807) is 7.11 Å². The fraction of sp³-hybridized carbons (Fsp3) is 0.381. The fourth-order valence-corrected chi connectivity index (χ4v) is 3.70. The van der Waals surface area contributed by atoms with Gasteiger partial charge in [0.15, 0.2) is 5.78 Å². The van der Waals surface area contributed by atoms with Gasteiger partial charge in [0.05, 0.1) is 32.3 Å². The minimum absolute atomic E-state index is 0.132. The SMILES string of the molecule is COc1ccc([C@@H]2CC(=O)c3ccccc3O2)cc1C[NH+]1CCOCC1. The highest BCUT2D eigenvalue weighted by atomic mass is 16.5. The minimum Gasteiger partial charge on any atom is -0.496 e. The number of carbonyl (C=O) groups is 1. The molecule has 2 heterocycles. The van der Waals surface area contributed by atoms with Crippen LogP contribution in [0.1, 0.15) is 34.0 Å². The highest BCUT2D eigenvalue weighted by molar-refractivity contribution is 5.99. The smallest absolute Gasteiger partial charge is 0.170 e. The number of hydrogen-bond donors (Lipinski definition) is 1. The number of methoxy groups -OCH3 is 1. The van der Waals surface area contributed by atoms with Gasteiger partial charge in [0.2, 0.25) is 0 Å². The molecule has 2 aromatic rings. The summed E-state index contributed by atoms with van der Waals surface area (Å²) in [5, 5.41) is 0. The molecular formula is C21H24NO4+. The molecule has 0 unspecified atom stereocenters. The first-order valence-corrected chi connectivity index (χ1v) is 9.11. The predicted octanol–water partition coefficient (Wildman–Crippen LogP) is 1.82. The average Bonchev–Trinajstić information content (AvgIpc) is 2.69. The number of quaternary nitrogens is 1. The highest BCUT2D eigenvalue weighted by Gasteiger charge is 2.28. The number of para-hydroxylation sites is 1. The molecule has 5 heteroatoms. The highest BCUT2D eigenvalue weighted by Crippen LogP contribution is 2.35. The van der Waals surface area contributed by atoms with E-state index in [-0.39, 0.29) is 11.9 Å². The number of ether oxygens (including phenoxy) is 3. The largest absolute Gasteiger partial charge is 0.496 e. The third-order valence-corrected chi connectivity index (χ3v) is 5.14. The molecule has 5 nitrogen and oxygen atoms in total. The quantitative estimate of drug-likeness (QED) is 0.910. The number of Topliss-reactive ketones (excluding diaryl/α,β-unsaturated/α-hetero) is 1. The molecular weight excluding hydrogens is 330 g/mol. The van der Waals surface area contributed by atoms with Crippen molar-refractivity contribution in [3.63, 3.8) is 0 Å². The second kappa shape index (κ2) is 7.48. The van der Waals surface area contributed by atoms with Gasteiger partial charge in [-0.05, 0) is 29.8 Å². The summed E-state index contributed by atoms with van der Waals surface area (Å²) in [4.78, 5) is 14.0. The van der Waals surface area contributed by atoms with Crippen LogP contribution in [-0.4, -0.2) is 39.2 Å². The normalized spacial score (nSPS) is 20.3. The summed E-state index contributed by atoms with van der Waals surface area (Å²) in [5.74, 6) is 1.69. The van der Waals surface area contributed by atoms with Crippen LogP contribution < -0.4 is 14.4 Å². The molecule has 2 aliphatic rings. The van der Waals surface area contributed by atoms with Gasteiger partial charge in [-0.3, -0.25) is 4.79 Å². The molecule has 0 saturated carbocycles. The lowest BCUT2D eigenvalue weighted by Crippen LogP contribution is -3.12. The summed E-state index contributed by atoms with van der Waals surface area (Å²) in [5.41, 5.74) is 2.85. The zero-order chi connectivity index (χ0) is 17.9. The molecule has 136 valence electrons. The maximum absolute atomic E-state index is 12.5. The summed E-state index contributed by atoms with van der Waals surface area (Å²) >= 11 is 0. The van der Waals surface area contributed by atoms with Crippen molar-refractivity contribution in [1.82, 2.24) is 0 Å². The Morgan fingerprint density at radius 2 is 1.96 bits per heavy atom. The Morgan fingerprint density at radius 3 is 2.77 bits per heavy atom. The van der Waals surface area contributed by atoms with Gasteiger partial charge in [-0.15, -0.1) is 0 Å². The predicted molar refractivity (Wildman–Crippen MR) is 97.0 cm³/mol. The number of carbonyl (C=O) groups excluding carboxylic acids is 1. The van der Waals surface area contributed by atoms with Crippen LogP contribution in [0.15, 0.2) is 42.5 Å². The zero-order valence-corrected chi connectivity index (χ0v) is 15.0. The van der Waals surface area contributed by atoms with Gasteiger partial charge in [0.1, 0.15) is 37.2 Å². The fourth-order valence-electron chi connectivity index (χ4n) is 3.70.